The number of para-hydroxylation sites is 1. The summed E-state index contributed by atoms with van der Waals surface area (Å²) in [5.74, 6) is 0.368. The maximum Gasteiger partial charge on any atom is 0.319 e. The van der Waals surface area contributed by atoms with Crippen LogP contribution in [0.25, 0.3) is 0 Å². The molecule has 30 heavy (non-hydrogen) atoms. The first-order chi connectivity index (χ1) is 14.3. The van der Waals surface area contributed by atoms with E-state index in [1.807, 2.05) is 0 Å². The van der Waals surface area contributed by atoms with Crippen LogP contribution in [0.4, 0.5) is 16.2 Å². The van der Waals surface area contributed by atoms with Crippen LogP contribution in [0, 0.1) is 10.1 Å². The molecule has 1 aliphatic heterocycles. The van der Waals surface area contributed by atoms with Crippen molar-refractivity contribution in [1.82, 2.24) is 10.6 Å². The molecule has 156 valence electrons. The number of methoxy groups -OCH3 is 2. The molecule has 0 bridgehead atoms. The average molecular weight is 412 g/mol. The van der Waals surface area contributed by atoms with Gasteiger partial charge >= 0.3 is 6.03 Å². The topological polar surface area (TPSA) is 132 Å². The smallest absolute Gasteiger partial charge is 0.319 e. The summed E-state index contributed by atoms with van der Waals surface area (Å²) >= 11 is 0. The van der Waals surface area contributed by atoms with E-state index in [2.05, 4.69) is 16.0 Å². The van der Waals surface area contributed by atoms with Crippen molar-refractivity contribution >= 4 is 23.3 Å². The quantitative estimate of drug-likeness (QED) is 0.494. The van der Waals surface area contributed by atoms with Crippen molar-refractivity contribution in [3.05, 3.63) is 69.4 Å². The molecule has 1 aliphatic rings. The summed E-state index contributed by atoms with van der Waals surface area (Å²) in [5, 5.41) is 19.3. The fourth-order valence-electron chi connectivity index (χ4n) is 3.22. The van der Waals surface area contributed by atoms with E-state index in [-0.39, 0.29) is 22.5 Å². The van der Waals surface area contributed by atoms with Gasteiger partial charge in [-0.1, -0.05) is 12.1 Å². The number of carbonyl (C=O) groups is 2. The molecule has 10 nitrogen and oxygen atoms in total. The number of ether oxygens (including phenoxy) is 2. The number of hydrogen-bond acceptors (Lipinski definition) is 6. The van der Waals surface area contributed by atoms with Crippen molar-refractivity contribution in [2.24, 2.45) is 0 Å². The second-order valence-electron chi connectivity index (χ2n) is 6.41. The van der Waals surface area contributed by atoms with E-state index in [9.17, 15) is 19.7 Å². The molecule has 1 unspecified atom stereocenters. The SMILES string of the molecule is COc1ccc(NC(=O)C2=C(C)NC(=O)NC2c2ccccc2[N+](=O)[O-])c(OC)c1. The fourth-order valence-corrected chi connectivity index (χ4v) is 3.22. The Balaban J connectivity index is 2.02. The van der Waals surface area contributed by atoms with Crippen LogP contribution < -0.4 is 25.4 Å². The monoisotopic (exact) mass is 412 g/mol. The first kappa shape index (κ1) is 20.6. The number of nitro benzene ring substituents is 1. The van der Waals surface area contributed by atoms with E-state index in [1.54, 1.807) is 31.2 Å². The predicted molar refractivity (Wildman–Crippen MR) is 108 cm³/mol. The predicted octanol–water partition coefficient (Wildman–Crippen LogP) is 2.88. The van der Waals surface area contributed by atoms with Gasteiger partial charge in [-0.2, -0.15) is 0 Å². The minimum absolute atomic E-state index is 0.141. The van der Waals surface area contributed by atoms with Crippen molar-refractivity contribution in [1.29, 1.82) is 0 Å². The lowest BCUT2D eigenvalue weighted by molar-refractivity contribution is -0.385. The first-order valence-corrected chi connectivity index (χ1v) is 8.90. The molecule has 3 rings (SSSR count). The molecule has 0 saturated heterocycles. The lowest BCUT2D eigenvalue weighted by Gasteiger charge is -2.28. The molecule has 1 heterocycles. The fraction of sp³-hybridized carbons (Fsp3) is 0.200. The summed E-state index contributed by atoms with van der Waals surface area (Å²) < 4.78 is 10.4. The van der Waals surface area contributed by atoms with Crippen LogP contribution in [0.2, 0.25) is 0 Å². The maximum atomic E-state index is 13.2. The lowest BCUT2D eigenvalue weighted by Crippen LogP contribution is -2.46. The number of nitro groups is 1. The molecular weight excluding hydrogens is 392 g/mol. The van der Waals surface area contributed by atoms with Crippen LogP contribution in [-0.2, 0) is 4.79 Å². The first-order valence-electron chi connectivity index (χ1n) is 8.90. The standard InChI is InChI=1S/C20H20N4O6/c1-11-17(19(25)22-14-9-8-12(29-2)10-16(14)30-3)18(23-20(26)21-11)13-6-4-5-7-15(13)24(27)28/h4-10,18H,1-3H3,(H,22,25)(H2,21,23,26). The number of urea groups is 1. The third-order valence-corrected chi connectivity index (χ3v) is 4.62. The Labute approximate surface area is 172 Å². The van der Waals surface area contributed by atoms with E-state index < -0.39 is 22.9 Å². The van der Waals surface area contributed by atoms with Gasteiger partial charge in [0.05, 0.1) is 42.0 Å². The molecule has 0 spiro atoms. The Morgan fingerprint density at radius 2 is 1.90 bits per heavy atom. The van der Waals surface area contributed by atoms with Gasteiger partial charge < -0.3 is 25.4 Å². The van der Waals surface area contributed by atoms with E-state index in [0.29, 0.717) is 17.2 Å². The third kappa shape index (κ3) is 4.02. The van der Waals surface area contributed by atoms with Crippen LogP contribution in [-0.4, -0.2) is 31.1 Å². The van der Waals surface area contributed by atoms with Gasteiger partial charge in [-0.3, -0.25) is 14.9 Å². The summed E-state index contributed by atoms with van der Waals surface area (Å²) in [4.78, 5) is 36.1. The van der Waals surface area contributed by atoms with Gasteiger partial charge in [0.15, 0.2) is 0 Å². The number of benzene rings is 2. The van der Waals surface area contributed by atoms with E-state index in [0.717, 1.165) is 0 Å². The van der Waals surface area contributed by atoms with Crippen LogP contribution in [0.3, 0.4) is 0 Å². The molecule has 0 aromatic heterocycles. The Hall–Kier alpha value is -4.08. The van der Waals surface area contributed by atoms with Crippen LogP contribution in [0.5, 0.6) is 11.5 Å². The molecule has 2 aromatic rings. The molecule has 0 aliphatic carbocycles. The summed E-state index contributed by atoms with van der Waals surface area (Å²) in [6, 6.07) is 9.25. The highest BCUT2D eigenvalue weighted by Gasteiger charge is 2.35. The zero-order valence-electron chi connectivity index (χ0n) is 16.5. The highest BCUT2D eigenvalue weighted by Crippen LogP contribution is 2.35. The number of anilines is 1. The van der Waals surface area contributed by atoms with E-state index in [4.69, 9.17) is 9.47 Å². The van der Waals surface area contributed by atoms with Crippen molar-refractivity contribution < 1.29 is 24.0 Å². The number of rotatable bonds is 6. The van der Waals surface area contributed by atoms with Crippen molar-refractivity contribution in [2.75, 3.05) is 19.5 Å². The summed E-state index contributed by atoms with van der Waals surface area (Å²) in [6.07, 6.45) is 0. The van der Waals surface area contributed by atoms with Gasteiger partial charge in [-0.05, 0) is 25.1 Å². The minimum Gasteiger partial charge on any atom is -0.497 e. The van der Waals surface area contributed by atoms with Gasteiger partial charge in [-0.15, -0.1) is 0 Å². The number of nitrogens with zero attached hydrogens (tertiary/aromatic N) is 1. The van der Waals surface area contributed by atoms with Crippen molar-refractivity contribution in [2.45, 2.75) is 13.0 Å². The van der Waals surface area contributed by atoms with Crippen molar-refractivity contribution in [3.63, 3.8) is 0 Å². The Kier molecular flexibility index (Phi) is 5.86. The van der Waals surface area contributed by atoms with Gasteiger partial charge in [0.25, 0.3) is 11.6 Å². The van der Waals surface area contributed by atoms with Gasteiger partial charge in [0, 0.05) is 17.8 Å². The van der Waals surface area contributed by atoms with Crippen LogP contribution >= 0.6 is 0 Å². The maximum absolute atomic E-state index is 13.2. The Bertz CT molecular complexity index is 1050. The molecule has 10 heteroatoms. The van der Waals surface area contributed by atoms with Crippen molar-refractivity contribution in [3.8, 4) is 11.5 Å². The molecule has 3 N–H and O–H groups in total. The number of carbonyl (C=O) groups excluding carboxylic acids is 2. The summed E-state index contributed by atoms with van der Waals surface area (Å²) in [7, 11) is 2.96. The summed E-state index contributed by atoms with van der Waals surface area (Å²) in [6.45, 7) is 1.56. The van der Waals surface area contributed by atoms with Gasteiger partial charge in [0.1, 0.15) is 11.5 Å². The number of allylic oxidation sites excluding steroid dienone is 1. The van der Waals surface area contributed by atoms with Gasteiger partial charge in [-0.25, -0.2) is 4.79 Å². The second-order valence-corrected chi connectivity index (χ2v) is 6.41. The summed E-state index contributed by atoms with van der Waals surface area (Å²) in [5.41, 5.74) is 0.795. The molecule has 0 fully saturated rings. The van der Waals surface area contributed by atoms with Gasteiger partial charge in [0.2, 0.25) is 0 Å². The Morgan fingerprint density at radius 3 is 2.57 bits per heavy atom. The zero-order valence-corrected chi connectivity index (χ0v) is 16.5. The number of amides is 3. The number of nitrogens with one attached hydrogen (secondary N) is 3. The lowest BCUT2D eigenvalue weighted by atomic mass is 9.93. The molecule has 3 amide bonds. The Morgan fingerprint density at radius 1 is 1.17 bits per heavy atom. The van der Waals surface area contributed by atoms with E-state index >= 15 is 0 Å². The largest absolute Gasteiger partial charge is 0.497 e. The highest BCUT2D eigenvalue weighted by atomic mass is 16.6. The zero-order chi connectivity index (χ0) is 21.8. The minimum atomic E-state index is -1.01. The van der Waals surface area contributed by atoms with Crippen LogP contribution in [0.15, 0.2) is 53.7 Å². The average Bonchev–Trinajstić information content (AvgIpc) is 2.73. The van der Waals surface area contributed by atoms with E-state index in [1.165, 1.54) is 32.4 Å². The second kappa shape index (κ2) is 8.52. The molecular formula is C20H20N4O6. The molecule has 2 aromatic carbocycles. The third-order valence-electron chi connectivity index (χ3n) is 4.62. The molecule has 0 radical (unpaired) electrons. The molecule has 0 saturated carbocycles. The number of hydrogen-bond donors (Lipinski definition) is 3. The highest BCUT2D eigenvalue weighted by molar-refractivity contribution is 6.07. The van der Waals surface area contributed by atoms with Crippen LogP contribution in [0.1, 0.15) is 18.5 Å². The molecule has 1 atom stereocenters. The normalized spacial score (nSPS) is 15.7.